The van der Waals surface area contributed by atoms with Gasteiger partial charge in [0.25, 0.3) is 0 Å². The minimum atomic E-state index is -3.59. The third-order valence-corrected chi connectivity index (χ3v) is 8.38. The fourth-order valence-electron chi connectivity index (χ4n) is 4.27. The normalized spacial score (nSPS) is 16.2. The molecule has 3 aromatic rings. The SMILES string of the molecule is Cc1cc(C(C)(C)C)cc(C)c1S(=O)(=O)N1CCN(Cc2nnc(-c3ccc(F)cc3)o2)CC1. The van der Waals surface area contributed by atoms with Crippen molar-refractivity contribution in [2.45, 2.75) is 51.5 Å². The zero-order chi connectivity index (χ0) is 24.7. The maximum Gasteiger partial charge on any atom is 0.247 e. The number of benzene rings is 2. The predicted molar refractivity (Wildman–Crippen MR) is 128 cm³/mol. The van der Waals surface area contributed by atoms with Gasteiger partial charge in [-0.15, -0.1) is 10.2 Å². The van der Waals surface area contributed by atoms with Crippen molar-refractivity contribution in [3.8, 4) is 11.5 Å². The van der Waals surface area contributed by atoms with Gasteiger partial charge in [0.05, 0.1) is 11.4 Å². The molecular formula is C25H31FN4O3S. The molecule has 0 N–H and O–H groups in total. The van der Waals surface area contributed by atoms with Crippen LogP contribution in [0, 0.1) is 19.7 Å². The van der Waals surface area contributed by atoms with Gasteiger partial charge in [0.1, 0.15) is 5.82 Å². The van der Waals surface area contributed by atoms with Gasteiger partial charge >= 0.3 is 0 Å². The van der Waals surface area contributed by atoms with E-state index in [1.54, 1.807) is 16.4 Å². The largest absolute Gasteiger partial charge is 0.419 e. The molecule has 4 rings (SSSR count). The molecule has 2 heterocycles. The van der Waals surface area contributed by atoms with Gasteiger partial charge in [-0.1, -0.05) is 32.9 Å². The van der Waals surface area contributed by atoms with Crippen LogP contribution >= 0.6 is 0 Å². The predicted octanol–water partition coefficient (Wildman–Crippen LogP) is 4.30. The molecule has 1 aliphatic rings. The van der Waals surface area contributed by atoms with Crippen LogP contribution in [0.25, 0.3) is 11.5 Å². The number of halogens is 1. The third kappa shape index (κ3) is 5.06. The molecule has 0 saturated carbocycles. The lowest BCUT2D eigenvalue weighted by Crippen LogP contribution is -2.48. The molecule has 1 aromatic heterocycles. The number of piperazine rings is 1. The Kier molecular flexibility index (Phi) is 6.63. The summed E-state index contributed by atoms with van der Waals surface area (Å²) in [7, 11) is -3.59. The molecule has 0 aliphatic carbocycles. The summed E-state index contributed by atoms with van der Waals surface area (Å²) in [6.07, 6.45) is 0. The smallest absolute Gasteiger partial charge is 0.247 e. The maximum atomic E-state index is 13.5. The fourth-order valence-corrected chi connectivity index (χ4v) is 6.10. The molecule has 182 valence electrons. The molecule has 9 heteroatoms. The Morgan fingerprint density at radius 2 is 1.56 bits per heavy atom. The Labute approximate surface area is 200 Å². The summed E-state index contributed by atoms with van der Waals surface area (Å²) in [4.78, 5) is 2.51. The first-order valence-electron chi connectivity index (χ1n) is 11.4. The Morgan fingerprint density at radius 3 is 2.12 bits per heavy atom. The highest BCUT2D eigenvalue weighted by Gasteiger charge is 2.32. The van der Waals surface area contributed by atoms with Gasteiger partial charge in [-0.05, 0) is 60.2 Å². The number of sulfonamides is 1. The van der Waals surface area contributed by atoms with Crippen molar-refractivity contribution in [1.29, 1.82) is 0 Å². The van der Waals surface area contributed by atoms with Crippen LogP contribution in [-0.4, -0.2) is 54.0 Å². The summed E-state index contributed by atoms with van der Waals surface area (Å²) in [5, 5.41) is 8.14. The van der Waals surface area contributed by atoms with Gasteiger partial charge in [-0.25, -0.2) is 12.8 Å². The Balaban J connectivity index is 1.42. The van der Waals surface area contributed by atoms with Crippen LogP contribution in [-0.2, 0) is 22.0 Å². The molecule has 0 amide bonds. The molecule has 1 aliphatic heterocycles. The van der Waals surface area contributed by atoms with Crippen LogP contribution in [0.15, 0.2) is 45.7 Å². The van der Waals surface area contributed by atoms with Crippen LogP contribution < -0.4 is 0 Å². The van der Waals surface area contributed by atoms with Crippen molar-refractivity contribution in [3.63, 3.8) is 0 Å². The summed E-state index contributed by atoms with van der Waals surface area (Å²) >= 11 is 0. The van der Waals surface area contributed by atoms with E-state index in [4.69, 9.17) is 4.42 Å². The van der Waals surface area contributed by atoms with Crippen molar-refractivity contribution in [2.24, 2.45) is 0 Å². The molecular weight excluding hydrogens is 455 g/mol. The average Bonchev–Trinajstić information content (AvgIpc) is 3.22. The van der Waals surface area contributed by atoms with Crippen molar-refractivity contribution in [3.05, 3.63) is 64.8 Å². The van der Waals surface area contributed by atoms with Crippen molar-refractivity contribution in [2.75, 3.05) is 26.2 Å². The molecule has 7 nitrogen and oxygen atoms in total. The molecule has 1 fully saturated rings. The number of nitrogens with zero attached hydrogens (tertiary/aromatic N) is 4. The minimum Gasteiger partial charge on any atom is -0.419 e. The molecule has 34 heavy (non-hydrogen) atoms. The lowest BCUT2D eigenvalue weighted by atomic mass is 9.85. The van der Waals surface area contributed by atoms with Crippen LogP contribution in [0.4, 0.5) is 4.39 Å². The Hall–Kier alpha value is -2.62. The van der Waals surface area contributed by atoms with Gasteiger partial charge < -0.3 is 4.42 Å². The van der Waals surface area contributed by atoms with E-state index in [0.29, 0.717) is 55.0 Å². The van der Waals surface area contributed by atoms with Crippen LogP contribution in [0.3, 0.4) is 0 Å². The Morgan fingerprint density at radius 1 is 0.971 bits per heavy atom. The molecule has 0 spiro atoms. The monoisotopic (exact) mass is 486 g/mol. The first-order valence-corrected chi connectivity index (χ1v) is 12.8. The van der Waals surface area contributed by atoms with E-state index in [0.717, 1.165) is 16.7 Å². The van der Waals surface area contributed by atoms with Crippen molar-refractivity contribution in [1.82, 2.24) is 19.4 Å². The quantitative estimate of drug-likeness (QED) is 0.535. The molecule has 0 bridgehead atoms. The first-order chi connectivity index (χ1) is 15.9. The molecule has 1 saturated heterocycles. The van der Waals surface area contributed by atoms with E-state index < -0.39 is 10.0 Å². The summed E-state index contributed by atoms with van der Waals surface area (Å²) in [5.74, 6) is 0.452. The van der Waals surface area contributed by atoms with E-state index in [1.807, 2.05) is 26.0 Å². The number of hydrogen-bond acceptors (Lipinski definition) is 6. The summed E-state index contributed by atoms with van der Waals surface area (Å²) in [6, 6.07) is 9.86. The van der Waals surface area contributed by atoms with Gasteiger partial charge in [0.15, 0.2) is 0 Å². The van der Waals surface area contributed by atoms with Crippen LogP contribution in [0.2, 0.25) is 0 Å². The number of hydrogen-bond donors (Lipinski definition) is 0. The number of aryl methyl sites for hydroxylation is 2. The number of rotatable bonds is 5. The number of aromatic nitrogens is 2. The van der Waals surface area contributed by atoms with Crippen molar-refractivity contribution >= 4 is 10.0 Å². The highest BCUT2D eigenvalue weighted by Crippen LogP contribution is 2.31. The lowest BCUT2D eigenvalue weighted by Gasteiger charge is -2.34. The first kappa shape index (κ1) is 24.5. The van der Waals surface area contributed by atoms with Gasteiger partial charge in [-0.2, -0.15) is 4.31 Å². The van der Waals surface area contributed by atoms with Crippen LogP contribution in [0.1, 0.15) is 43.4 Å². The standard InChI is InChI=1S/C25H31FN4O3S/c1-17-14-20(25(3,4)5)15-18(2)23(17)34(31,32)30-12-10-29(11-13-30)16-22-27-28-24(33-22)19-6-8-21(26)9-7-19/h6-9,14-15H,10-13,16H2,1-5H3. The molecule has 2 aromatic carbocycles. The highest BCUT2D eigenvalue weighted by molar-refractivity contribution is 7.89. The summed E-state index contributed by atoms with van der Waals surface area (Å²) in [6.45, 7) is 12.5. The zero-order valence-electron chi connectivity index (χ0n) is 20.3. The van der Waals surface area contributed by atoms with E-state index in [1.165, 1.54) is 12.1 Å². The second-order valence-corrected chi connectivity index (χ2v) is 11.8. The molecule has 0 atom stereocenters. The molecule has 0 radical (unpaired) electrons. The zero-order valence-corrected chi connectivity index (χ0v) is 21.1. The Bertz CT molecular complexity index is 1250. The minimum absolute atomic E-state index is 0.0469. The van der Waals surface area contributed by atoms with E-state index in [9.17, 15) is 12.8 Å². The van der Waals surface area contributed by atoms with E-state index in [-0.39, 0.29) is 11.2 Å². The van der Waals surface area contributed by atoms with Gasteiger partial charge in [-0.3, -0.25) is 4.90 Å². The second-order valence-electron chi connectivity index (χ2n) is 9.88. The van der Waals surface area contributed by atoms with Crippen molar-refractivity contribution < 1.29 is 17.2 Å². The summed E-state index contributed by atoms with van der Waals surface area (Å²) < 4.78 is 47.4. The van der Waals surface area contributed by atoms with E-state index in [2.05, 4.69) is 35.9 Å². The lowest BCUT2D eigenvalue weighted by molar-refractivity contribution is 0.168. The van der Waals surface area contributed by atoms with E-state index >= 15 is 0 Å². The van der Waals surface area contributed by atoms with Gasteiger partial charge in [0.2, 0.25) is 21.8 Å². The highest BCUT2D eigenvalue weighted by atomic mass is 32.2. The topological polar surface area (TPSA) is 79.5 Å². The second kappa shape index (κ2) is 9.20. The maximum absolute atomic E-state index is 13.5. The average molecular weight is 487 g/mol. The summed E-state index contributed by atoms with van der Waals surface area (Å²) in [5.41, 5.74) is 3.30. The fraction of sp³-hybridized carbons (Fsp3) is 0.440. The molecule has 0 unspecified atom stereocenters. The third-order valence-electron chi connectivity index (χ3n) is 6.17. The van der Waals surface area contributed by atoms with Gasteiger partial charge in [0, 0.05) is 31.7 Å². The van der Waals surface area contributed by atoms with Crippen LogP contribution in [0.5, 0.6) is 0 Å².